The molecule has 0 aromatic heterocycles. The van der Waals surface area contributed by atoms with Gasteiger partial charge in [-0.15, -0.1) is 0 Å². The van der Waals surface area contributed by atoms with Crippen LogP contribution in [0, 0.1) is 12.7 Å². The second-order valence-electron chi connectivity index (χ2n) is 4.80. The van der Waals surface area contributed by atoms with Crippen molar-refractivity contribution in [2.45, 2.75) is 6.92 Å². The van der Waals surface area contributed by atoms with Crippen LogP contribution < -0.4 is 5.32 Å². The Balaban J connectivity index is 2.05. The second-order valence-corrected chi connectivity index (χ2v) is 5.66. The van der Waals surface area contributed by atoms with Gasteiger partial charge in [0.2, 0.25) is 0 Å². The molecular formula is C13H17BrFN3O. The maximum Gasteiger partial charge on any atom is 0.321 e. The molecule has 1 fully saturated rings. The molecule has 0 saturated carbocycles. The Labute approximate surface area is 120 Å². The van der Waals surface area contributed by atoms with Gasteiger partial charge in [-0.05, 0) is 47.6 Å². The average Bonchev–Trinajstić information content (AvgIpc) is 2.36. The predicted octanol–water partition coefficient (Wildman–Crippen LogP) is 2.68. The molecule has 0 radical (unpaired) electrons. The molecule has 19 heavy (non-hydrogen) atoms. The lowest BCUT2D eigenvalue weighted by molar-refractivity contribution is 0.164. The van der Waals surface area contributed by atoms with Crippen molar-refractivity contribution in [3.63, 3.8) is 0 Å². The molecule has 4 nitrogen and oxygen atoms in total. The molecule has 0 atom stereocenters. The van der Waals surface area contributed by atoms with Crippen molar-refractivity contribution in [3.8, 4) is 0 Å². The van der Waals surface area contributed by atoms with Gasteiger partial charge >= 0.3 is 6.03 Å². The molecular weight excluding hydrogens is 313 g/mol. The lowest BCUT2D eigenvalue weighted by Crippen LogP contribution is -2.48. The summed E-state index contributed by atoms with van der Waals surface area (Å²) in [6.45, 7) is 4.95. The first kappa shape index (κ1) is 14.3. The van der Waals surface area contributed by atoms with Crippen molar-refractivity contribution in [2.75, 3.05) is 38.5 Å². The Kier molecular flexibility index (Phi) is 4.42. The molecule has 0 spiro atoms. The number of piperazine rings is 1. The predicted molar refractivity (Wildman–Crippen MR) is 76.9 cm³/mol. The molecule has 6 heteroatoms. The standard InChI is InChI=1S/C13H17BrFN3O/c1-9-7-10(14)11(15)8-12(9)16-13(19)18-5-3-17(2)4-6-18/h7-8H,3-6H2,1-2H3,(H,16,19). The Hall–Kier alpha value is -1.14. The second kappa shape index (κ2) is 5.88. The maximum absolute atomic E-state index is 13.5. The van der Waals surface area contributed by atoms with E-state index in [1.54, 1.807) is 11.0 Å². The zero-order valence-electron chi connectivity index (χ0n) is 11.0. The smallest absolute Gasteiger partial charge is 0.321 e. The number of carbonyl (C=O) groups is 1. The third-order valence-corrected chi connectivity index (χ3v) is 3.91. The van der Waals surface area contributed by atoms with Gasteiger partial charge in [0.05, 0.1) is 4.47 Å². The van der Waals surface area contributed by atoms with Crippen molar-refractivity contribution in [1.29, 1.82) is 0 Å². The van der Waals surface area contributed by atoms with E-state index in [1.165, 1.54) is 6.07 Å². The monoisotopic (exact) mass is 329 g/mol. The van der Waals surface area contributed by atoms with Crippen molar-refractivity contribution in [1.82, 2.24) is 9.80 Å². The average molecular weight is 330 g/mol. The Morgan fingerprint density at radius 3 is 2.58 bits per heavy atom. The lowest BCUT2D eigenvalue weighted by atomic mass is 10.2. The lowest BCUT2D eigenvalue weighted by Gasteiger charge is -2.32. The number of benzene rings is 1. The quantitative estimate of drug-likeness (QED) is 0.859. The molecule has 2 amide bonds. The van der Waals surface area contributed by atoms with Gasteiger partial charge in [0.1, 0.15) is 5.82 Å². The number of likely N-dealkylation sites (N-methyl/N-ethyl adjacent to an activating group) is 1. The van der Waals surface area contributed by atoms with E-state index < -0.39 is 0 Å². The van der Waals surface area contributed by atoms with Gasteiger partial charge < -0.3 is 15.1 Å². The highest BCUT2D eigenvalue weighted by Crippen LogP contribution is 2.24. The van der Waals surface area contributed by atoms with Gasteiger partial charge in [0, 0.05) is 31.9 Å². The first-order valence-corrected chi connectivity index (χ1v) is 6.97. The summed E-state index contributed by atoms with van der Waals surface area (Å²) in [5, 5.41) is 2.77. The van der Waals surface area contributed by atoms with E-state index in [0.29, 0.717) is 23.2 Å². The number of hydrogen-bond acceptors (Lipinski definition) is 2. The largest absolute Gasteiger partial charge is 0.322 e. The van der Waals surface area contributed by atoms with Gasteiger partial charge in [0.25, 0.3) is 0 Å². The third kappa shape index (κ3) is 3.45. The van der Waals surface area contributed by atoms with E-state index >= 15 is 0 Å². The molecule has 1 aliphatic heterocycles. The minimum absolute atomic E-state index is 0.169. The Morgan fingerprint density at radius 1 is 1.32 bits per heavy atom. The fourth-order valence-electron chi connectivity index (χ4n) is 1.98. The molecule has 1 aromatic carbocycles. The van der Waals surface area contributed by atoms with E-state index in [4.69, 9.17) is 0 Å². The van der Waals surface area contributed by atoms with Crippen LogP contribution in [0.3, 0.4) is 0 Å². The number of nitrogens with zero attached hydrogens (tertiary/aromatic N) is 2. The van der Waals surface area contributed by atoms with Gasteiger partial charge in [-0.25, -0.2) is 9.18 Å². The number of anilines is 1. The summed E-state index contributed by atoms with van der Waals surface area (Å²) < 4.78 is 13.9. The molecule has 1 N–H and O–H groups in total. The zero-order chi connectivity index (χ0) is 14.0. The molecule has 0 unspecified atom stereocenters. The molecule has 104 valence electrons. The number of halogens is 2. The van der Waals surface area contributed by atoms with E-state index in [9.17, 15) is 9.18 Å². The minimum Gasteiger partial charge on any atom is -0.322 e. The first-order valence-electron chi connectivity index (χ1n) is 6.17. The fraction of sp³-hybridized carbons (Fsp3) is 0.462. The minimum atomic E-state index is -0.376. The molecule has 1 saturated heterocycles. The summed E-state index contributed by atoms with van der Waals surface area (Å²) in [7, 11) is 2.03. The highest BCUT2D eigenvalue weighted by atomic mass is 79.9. The van der Waals surface area contributed by atoms with Crippen molar-refractivity contribution < 1.29 is 9.18 Å². The van der Waals surface area contributed by atoms with Crippen LogP contribution in [0.25, 0.3) is 0 Å². The summed E-state index contributed by atoms with van der Waals surface area (Å²) in [5.74, 6) is -0.376. The number of rotatable bonds is 1. The number of urea groups is 1. The SMILES string of the molecule is Cc1cc(Br)c(F)cc1NC(=O)N1CCN(C)CC1. The Morgan fingerprint density at radius 2 is 1.95 bits per heavy atom. The van der Waals surface area contributed by atoms with Gasteiger partial charge in [0.15, 0.2) is 0 Å². The van der Waals surface area contributed by atoms with E-state index in [-0.39, 0.29) is 11.8 Å². The number of aryl methyl sites for hydroxylation is 1. The molecule has 1 heterocycles. The summed E-state index contributed by atoms with van der Waals surface area (Å²) in [5.41, 5.74) is 1.35. The normalized spacial score (nSPS) is 16.5. The van der Waals surface area contributed by atoms with Crippen LogP contribution in [-0.2, 0) is 0 Å². The highest BCUT2D eigenvalue weighted by Gasteiger charge is 2.19. The molecule has 0 aliphatic carbocycles. The molecule has 1 aromatic rings. The summed E-state index contributed by atoms with van der Waals surface area (Å²) >= 11 is 3.13. The van der Waals surface area contributed by atoms with Crippen molar-refractivity contribution >= 4 is 27.6 Å². The van der Waals surface area contributed by atoms with Crippen LogP contribution in [-0.4, -0.2) is 49.1 Å². The van der Waals surface area contributed by atoms with Crippen LogP contribution in [0.4, 0.5) is 14.9 Å². The fourth-order valence-corrected chi connectivity index (χ4v) is 2.44. The zero-order valence-corrected chi connectivity index (χ0v) is 12.6. The van der Waals surface area contributed by atoms with Crippen molar-refractivity contribution in [2.24, 2.45) is 0 Å². The van der Waals surface area contributed by atoms with Gasteiger partial charge in [-0.3, -0.25) is 0 Å². The Bertz CT molecular complexity index is 487. The number of carbonyl (C=O) groups excluding carboxylic acids is 1. The van der Waals surface area contributed by atoms with E-state index in [0.717, 1.165) is 18.7 Å². The number of amides is 2. The van der Waals surface area contributed by atoms with E-state index in [2.05, 4.69) is 26.1 Å². The molecule has 0 bridgehead atoms. The number of hydrogen-bond donors (Lipinski definition) is 1. The maximum atomic E-state index is 13.5. The third-order valence-electron chi connectivity index (χ3n) is 3.30. The first-order chi connectivity index (χ1) is 8.97. The van der Waals surface area contributed by atoms with Gasteiger partial charge in [-0.2, -0.15) is 0 Å². The van der Waals surface area contributed by atoms with Crippen LogP contribution in [0.5, 0.6) is 0 Å². The van der Waals surface area contributed by atoms with Crippen LogP contribution in [0.2, 0.25) is 0 Å². The molecule has 1 aliphatic rings. The molecule has 2 rings (SSSR count). The summed E-state index contributed by atoms with van der Waals surface area (Å²) in [6, 6.07) is 2.83. The van der Waals surface area contributed by atoms with Crippen LogP contribution in [0.15, 0.2) is 16.6 Å². The van der Waals surface area contributed by atoms with Gasteiger partial charge in [-0.1, -0.05) is 0 Å². The van der Waals surface area contributed by atoms with Crippen LogP contribution >= 0.6 is 15.9 Å². The summed E-state index contributed by atoms with van der Waals surface area (Å²) in [4.78, 5) is 16.0. The topological polar surface area (TPSA) is 35.6 Å². The van der Waals surface area contributed by atoms with Crippen LogP contribution in [0.1, 0.15) is 5.56 Å². The number of nitrogens with one attached hydrogen (secondary N) is 1. The highest BCUT2D eigenvalue weighted by molar-refractivity contribution is 9.10. The summed E-state index contributed by atoms with van der Waals surface area (Å²) in [6.07, 6.45) is 0. The van der Waals surface area contributed by atoms with Crippen molar-refractivity contribution in [3.05, 3.63) is 28.0 Å². The van der Waals surface area contributed by atoms with E-state index in [1.807, 2.05) is 14.0 Å².